The van der Waals surface area contributed by atoms with Crippen LogP contribution in [0.5, 0.6) is 0 Å². The lowest BCUT2D eigenvalue weighted by Crippen LogP contribution is -2.45. The lowest BCUT2D eigenvalue weighted by molar-refractivity contribution is 0.118. The van der Waals surface area contributed by atoms with Gasteiger partial charge in [-0.25, -0.2) is 0 Å². The molecule has 1 rings (SSSR count). The second kappa shape index (κ2) is 7.08. The van der Waals surface area contributed by atoms with Crippen LogP contribution in [-0.2, 0) is 4.74 Å². The Morgan fingerprint density at radius 3 is 2.88 bits per heavy atom. The smallest absolute Gasteiger partial charge is 0.0591 e. The first-order chi connectivity index (χ1) is 7.67. The molecule has 0 spiro atoms. The van der Waals surface area contributed by atoms with E-state index in [4.69, 9.17) is 4.74 Å². The molecule has 94 valence electrons. The molecule has 1 aliphatic carbocycles. The molecule has 0 amide bonds. The molecular formula is C14H27NO. The summed E-state index contributed by atoms with van der Waals surface area (Å²) in [6.07, 6.45) is 8.29. The zero-order chi connectivity index (χ0) is 11.9. The molecule has 16 heavy (non-hydrogen) atoms. The average Bonchev–Trinajstić information content (AvgIpc) is 2.25. The number of hydrogen-bond acceptors (Lipinski definition) is 2. The lowest BCUT2D eigenvalue weighted by atomic mass is 9.73. The molecule has 0 radical (unpaired) electrons. The molecule has 0 aliphatic heterocycles. The highest BCUT2D eigenvalue weighted by Crippen LogP contribution is 2.35. The van der Waals surface area contributed by atoms with Gasteiger partial charge < -0.3 is 10.1 Å². The fraction of sp³-hybridized carbons (Fsp3) is 0.857. The quantitative estimate of drug-likeness (QED) is 0.531. The summed E-state index contributed by atoms with van der Waals surface area (Å²) in [6.45, 7) is 11.0. The maximum atomic E-state index is 5.50. The summed E-state index contributed by atoms with van der Waals surface area (Å²) in [5, 5.41) is 3.64. The Kier molecular flexibility index (Phi) is 6.07. The van der Waals surface area contributed by atoms with Gasteiger partial charge in [0.1, 0.15) is 0 Å². The molecular weight excluding hydrogens is 198 g/mol. The average molecular weight is 225 g/mol. The van der Waals surface area contributed by atoms with Crippen LogP contribution < -0.4 is 5.32 Å². The van der Waals surface area contributed by atoms with Crippen LogP contribution in [0.4, 0.5) is 0 Å². The highest BCUT2D eigenvalue weighted by molar-refractivity contribution is 4.87. The molecule has 2 heteroatoms. The largest absolute Gasteiger partial charge is 0.380 e. The Morgan fingerprint density at radius 2 is 2.19 bits per heavy atom. The molecule has 0 bridgehead atoms. The summed E-state index contributed by atoms with van der Waals surface area (Å²) in [5.74, 6) is 0. The molecule has 0 aromatic rings. The zero-order valence-corrected chi connectivity index (χ0v) is 10.9. The Bertz CT molecular complexity index is 201. The van der Waals surface area contributed by atoms with E-state index in [1.54, 1.807) is 0 Å². The van der Waals surface area contributed by atoms with E-state index >= 15 is 0 Å². The first-order valence-electron chi connectivity index (χ1n) is 6.59. The lowest BCUT2D eigenvalue weighted by Gasteiger charge is -2.39. The molecule has 1 saturated carbocycles. The van der Waals surface area contributed by atoms with Gasteiger partial charge in [-0.2, -0.15) is 0 Å². The van der Waals surface area contributed by atoms with E-state index in [2.05, 4.69) is 25.7 Å². The first-order valence-corrected chi connectivity index (χ1v) is 6.59. The van der Waals surface area contributed by atoms with Crippen LogP contribution in [0.1, 0.15) is 46.0 Å². The molecule has 1 aliphatic rings. The normalized spacial score (nSPS) is 24.2. The number of nitrogens with one attached hydrogen (secondary N) is 1. The van der Waals surface area contributed by atoms with Gasteiger partial charge in [0.25, 0.3) is 0 Å². The number of hydrogen-bond donors (Lipinski definition) is 1. The topological polar surface area (TPSA) is 21.3 Å². The van der Waals surface area contributed by atoms with E-state index in [0.717, 1.165) is 26.2 Å². The fourth-order valence-corrected chi connectivity index (χ4v) is 2.45. The third kappa shape index (κ3) is 4.67. The third-order valence-corrected chi connectivity index (χ3v) is 3.61. The van der Waals surface area contributed by atoms with Gasteiger partial charge in [0.15, 0.2) is 0 Å². The Hall–Kier alpha value is -0.340. The van der Waals surface area contributed by atoms with Crippen LogP contribution in [0.3, 0.4) is 0 Å². The summed E-state index contributed by atoms with van der Waals surface area (Å²) in [7, 11) is 0. The van der Waals surface area contributed by atoms with Crippen LogP contribution in [0.2, 0.25) is 0 Å². The van der Waals surface area contributed by atoms with Crippen molar-refractivity contribution in [2.45, 2.75) is 52.0 Å². The van der Waals surface area contributed by atoms with Gasteiger partial charge in [-0.1, -0.05) is 32.8 Å². The van der Waals surface area contributed by atoms with Gasteiger partial charge in [0.05, 0.1) is 13.2 Å². The molecule has 2 nitrogen and oxygen atoms in total. The van der Waals surface area contributed by atoms with E-state index in [1.807, 2.05) is 6.08 Å². The summed E-state index contributed by atoms with van der Waals surface area (Å²) in [4.78, 5) is 0. The second-order valence-electron chi connectivity index (χ2n) is 5.43. The minimum Gasteiger partial charge on any atom is -0.380 e. The Balaban J connectivity index is 2.09. The molecule has 1 atom stereocenters. The third-order valence-electron chi connectivity index (χ3n) is 3.61. The van der Waals surface area contributed by atoms with Gasteiger partial charge in [-0.3, -0.25) is 0 Å². The zero-order valence-electron chi connectivity index (χ0n) is 10.9. The van der Waals surface area contributed by atoms with Crippen molar-refractivity contribution in [3.05, 3.63) is 12.7 Å². The van der Waals surface area contributed by atoms with Crippen LogP contribution in [0.15, 0.2) is 12.7 Å². The monoisotopic (exact) mass is 225 g/mol. The van der Waals surface area contributed by atoms with Gasteiger partial charge in [-0.05, 0) is 24.7 Å². The van der Waals surface area contributed by atoms with Crippen LogP contribution >= 0.6 is 0 Å². The van der Waals surface area contributed by atoms with E-state index in [9.17, 15) is 0 Å². The van der Waals surface area contributed by atoms with Gasteiger partial charge in [0, 0.05) is 12.6 Å². The maximum absolute atomic E-state index is 5.50. The Morgan fingerprint density at radius 1 is 1.38 bits per heavy atom. The van der Waals surface area contributed by atoms with E-state index in [1.165, 1.54) is 25.7 Å². The van der Waals surface area contributed by atoms with E-state index in [-0.39, 0.29) is 0 Å². The van der Waals surface area contributed by atoms with Crippen molar-refractivity contribution in [1.29, 1.82) is 0 Å². The van der Waals surface area contributed by atoms with Crippen LogP contribution in [0.25, 0.3) is 0 Å². The van der Waals surface area contributed by atoms with Gasteiger partial charge in [-0.15, -0.1) is 6.58 Å². The molecule has 0 aromatic heterocycles. The standard InChI is InChI=1S/C14H27NO/c1-4-5-11-16-12-10-15-13-8-6-7-9-14(13,2)3/h4,13,15H,1,5-12H2,2-3H3. The van der Waals surface area contributed by atoms with Gasteiger partial charge in [0.2, 0.25) is 0 Å². The van der Waals surface area contributed by atoms with Crippen molar-refractivity contribution in [3.63, 3.8) is 0 Å². The highest BCUT2D eigenvalue weighted by Gasteiger charge is 2.31. The predicted molar refractivity (Wildman–Crippen MR) is 69.7 cm³/mol. The van der Waals surface area contributed by atoms with Crippen molar-refractivity contribution < 1.29 is 4.74 Å². The van der Waals surface area contributed by atoms with Crippen molar-refractivity contribution in [2.24, 2.45) is 5.41 Å². The molecule has 0 saturated heterocycles. The number of rotatable bonds is 7. The van der Waals surface area contributed by atoms with Crippen LogP contribution in [0, 0.1) is 5.41 Å². The van der Waals surface area contributed by atoms with Crippen molar-refractivity contribution in [3.8, 4) is 0 Å². The minimum atomic E-state index is 0.458. The summed E-state index contributed by atoms with van der Waals surface area (Å²) in [5.41, 5.74) is 0.458. The second-order valence-corrected chi connectivity index (χ2v) is 5.43. The minimum absolute atomic E-state index is 0.458. The summed E-state index contributed by atoms with van der Waals surface area (Å²) < 4.78 is 5.50. The van der Waals surface area contributed by atoms with Gasteiger partial charge >= 0.3 is 0 Å². The number of ether oxygens (including phenoxy) is 1. The molecule has 0 aromatic carbocycles. The van der Waals surface area contributed by atoms with E-state index < -0.39 is 0 Å². The van der Waals surface area contributed by atoms with Crippen LogP contribution in [-0.4, -0.2) is 25.8 Å². The summed E-state index contributed by atoms with van der Waals surface area (Å²) in [6, 6.07) is 0.671. The SMILES string of the molecule is C=CCCOCCNC1CCCCC1(C)C. The predicted octanol–water partition coefficient (Wildman–Crippen LogP) is 3.14. The van der Waals surface area contributed by atoms with Crippen molar-refractivity contribution >= 4 is 0 Å². The van der Waals surface area contributed by atoms with Crippen molar-refractivity contribution in [1.82, 2.24) is 5.32 Å². The van der Waals surface area contributed by atoms with E-state index in [0.29, 0.717) is 11.5 Å². The molecule has 0 heterocycles. The maximum Gasteiger partial charge on any atom is 0.0591 e. The summed E-state index contributed by atoms with van der Waals surface area (Å²) >= 11 is 0. The van der Waals surface area contributed by atoms with Crippen molar-refractivity contribution in [2.75, 3.05) is 19.8 Å². The fourth-order valence-electron chi connectivity index (χ4n) is 2.45. The molecule has 1 fully saturated rings. The molecule has 1 unspecified atom stereocenters. The highest BCUT2D eigenvalue weighted by atomic mass is 16.5. The first kappa shape index (κ1) is 13.7. The molecule has 1 N–H and O–H groups in total. The Labute approximate surface area is 100 Å².